The second-order valence-electron chi connectivity index (χ2n) is 9.06. The number of likely N-dealkylation sites (N-methyl/N-ethyl adjacent to an activating group) is 1. The number of aryl methyl sites for hydroxylation is 4. The van der Waals surface area contributed by atoms with E-state index in [2.05, 4.69) is 34.5 Å². The second kappa shape index (κ2) is 11.8. The predicted molar refractivity (Wildman–Crippen MR) is 139 cm³/mol. The highest BCUT2D eigenvalue weighted by molar-refractivity contribution is 5.94. The first kappa shape index (κ1) is 26.1. The van der Waals surface area contributed by atoms with Crippen LogP contribution in [0.5, 0.6) is 0 Å². The Labute approximate surface area is 208 Å². The molecule has 7 nitrogen and oxygen atoms in total. The van der Waals surface area contributed by atoms with Crippen molar-refractivity contribution in [1.82, 2.24) is 25.0 Å². The lowest BCUT2D eigenvalue weighted by Gasteiger charge is -2.33. The van der Waals surface area contributed by atoms with E-state index in [1.807, 2.05) is 70.0 Å². The van der Waals surface area contributed by atoms with Gasteiger partial charge in [-0.1, -0.05) is 44.2 Å². The van der Waals surface area contributed by atoms with Gasteiger partial charge in [0.15, 0.2) is 0 Å². The molecule has 0 saturated heterocycles. The molecule has 2 heterocycles. The van der Waals surface area contributed by atoms with Crippen molar-refractivity contribution >= 4 is 11.8 Å². The molecule has 0 saturated carbocycles. The molecule has 0 radical (unpaired) electrons. The van der Waals surface area contributed by atoms with Crippen molar-refractivity contribution in [3.63, 3.8) is 0 Å². The van der Waals surface area contributed by atoms with E-state index in [1.54, 1.807) is 10.7 Å². The van der Waals surface area contributed by atoms with E-state index in [0.717, 1.165) is 29.1 Å². The number of nitrogens with zero attached hydrogens (tertiary/aromatic N) is 4. The van der Waals surface area contributed by atoms with Crippen LogP contribution in [0.2, 0.25) is 0 Å². The molecule has 3 rings (SSSR count). The largest absolute Gasteiger partial charge is 0.351 e. The fourth-order valence-corrected chi connectivity index (χ4v) is 4.55. The highest BCUT2D eigenvalue weighted by atomic mass is 16.2. The van der Waals surface area contributed by atoms with Crippen LogP contribution in [0.3, 0.4) is 0 Å². The van der Waals surface area contributed by atoms with Crippen LogP contribution < -0.4 is 5.32 Å². The van der Waals surface area contributed by atoms with Crippen LogP contribution in [0.1, 0.15) is 76.6 Å². The summed E-state index contributed by atoms with van der Waals surface area (Å²) in [6, 6.07) is 15.6. The molecule has 35 heavy (non-hydrogen) atoms. The zero-order chi connectivity index (χ0) is 25.5. The van der Waals surface area contributed by atoms with Crippen molar-refractivity contribution in [2.24, 2.45) is 0 Å². The van der Waals surface area contributed by atoms with Gasteiger partial charge in [-0.25, -0.2) is 0 Å². The number of rotatable bonds is 10. The molecule has 0 fully saturated rings. The zero-order valence-corrected chi connectivity index (χ0v) is 21.7. The van der Waals surface area contributed by atoms with Gasteiger partial charge in [0.25, 0.3) is 11.8 Å². The van der Waals surface area contributed by atoms with E-state index in [-0.39, 0.29) is 23.8 Å². The highest BCUT2D eigenvalue weighted by Crippen LogP contribution is 2.26. The first-order valence-corrected chi connectivity index (χ1v) is 12.4. The van der Waals surface area contributed by atoms with Crippen molar-refractivity contribution < 1.29 is 9.59 Å². The molecule has 1 N–H and O–H groups in total. The van der Waals surface area contributed by atoms with Crippen LogP contribution in [0.25, 0.3) is 0 Å². The van der Waals surface area contributed by atoms with E-state index >= 15 is 0 Å². The van der Waals surface area contributed by atoms with Crippen molar-refractivity contribution in [2.45, 2.75) is 66.0 Å². The molecule has 1 aromatic carbocycles. The number of hydrogen-bond acceptors (Lipinski definition) is 4. The van der Waals surface area contributed by atoms with E-state index in [0.29, 0.717) is 30.8 Å². The molecule has 2 atom stereocenters. The Morgan fingerprint density at radius 2 is 1.77 bits per heavy atom. The summed E-state index contributed by atoms with van der Waals surface area (Å²) in [7, 11) is 1.85. The molecule has 0 aliphatic rings. The highest BCUT2D eigenvalue weighted by Gasteiger charge is 2.28. The fourth-order valence-electron chi connectivity index (χ4n) is 4.55. The van der Waals surface area contributed by atoms with Crippen LogP contribution in [-0.2, 0) is 13.0 Å². The van der Waals surface area contributed by atoms with Gasteiger partial charge >= 0.3 is 0 Å². The Morgan fingerprint density at radius 1 is 1.06 bits per heavy atom. The summed E-state index contributed by atoms with van der Waals surface area (Å²) in [6.45, 7) is 11.0. The SMILES string of the molecule is CCc1cc(C(=O)N(C)C(CCNC(=O)c2cc(C)nn2CC)C(C)c2ccccc2)cc(C)n1. The molecule has 3 aromatic rings. The number of aromatic nitrogens is 3. The maximum atomic E-state index is 13.5. The predicted octanol–water partition coefficient (Wildman–Crippen LogP) is 4.54. The lowest BCUT2D eigenvalue weighted by Crippen LogP contribution is -2.42. The summed E-state index contributed by atoms with van der Waals surface area (Å²) in [4.78, 5) is 32.7. The Kier molecular flexibility index (Phi) is 8.79. The van der Waals surface area contributed by atoms with Gasteiger partial charge in [-0.15, -0.1) is 0 Å². The van der Waals surface area contributed by atoms with Crippen molar-refractivity contribution in [2.75, 3.05) is 13.6 Å². The summed E-state index contributed by atoms with van der Waals surface area (Å²) in [5.41, 5.74) is 4.92. The number of pyridine rings is 1. The third kappa shape index (κ3) is 6.35. The summed E-state index contributed by atoms with van der Waals surface area (Å²) in [6.07, 6.45) is 1.39. The topological polar surface area (TPSA) is 80.1 Å². The van der Waals surface area contributed by atoms with Gasteiger partial charge in [-0.2, -0.15) is 5.10 Å². The summed E-state index contributed by atoms with van der Waals surface area (Å²) >= 11 is 0. The Morgan fingerprint density at radius 3 is 2.43 bits per heavy atom. The van der Waals surface area contributed by atoms with E-state index in [9.17, 15) is 9.59 Å². The molecular formula is C28H37N5O2. The lowest BCUT2D eigenvalue weighted by atomic mass is 9.89. The molecule has 7 heteroatoms. The van der Waals surface area contributed by atoms with Gasteiger partial charge < -0.3 is 10.2 Å². The van der Waals surface area contributed by atoms with Gasteiger partial charge in [0.1, 0.15) is 5.69 Å². The van der Waals surface area contributed by atoms with Gasteiger partial charge in [-0.3, -0.25) is 19.3 Å². The Balaban J connectivity index is 1.80. The molecule has 0 aliphatic heterocycles. The smallest absolute Gasteiger partial charge is 0.269 e. The fraction of sp³-hybridized carbons (Fsp3) is 0.429. The molecule has 2 unspecified atom stereocenters. The molecule has 2 aromatic heterocycles. The first-order chi connectivity index (χ1) is 16.7. The molecule has 0 bridgehead atoms. The minimum Gasteiger partial charge on any atom is -0.351 e. The lowest BCUT2D eigenvalue weighted by molar-refractivity contribution is 0.0701. The summed E-state index contributed by atoms with van der Waals surface area (Å²) < 4.78 is 1.71. The normalized spacial score (nSPS) is 12.7. The number of nitrogens with one attached hydrogen (secondary N) is 1. The van der Waals surface area contributed by atoms with Gasteiger partial charge in [0.05, 0.1) is 5.69 Å². The third-order valence-electron chi connectivity index (χ3n) is 6.50. The maximum Gasteiger partial charge on any atom is 0.269 e. The number of carbonyl (C=O) groups is 2. The molecular weight excluding hydrogens is 438 g/mol. The van der Waals surface area contributed by atoms with Gasteiger partial charge in [0.2, 0.25) is 0 Å². The van der Waals surface area contributed by atoms with Gasteiger partial charge in [0, 0.05) is 49.0 Å². The van der Waals surface area contributed by atoms with Crippen molar-refractivity contribution in [3.05, 3.63) is 82.4 Å². The Bertz CT molecular complexity index is 1160. The maximum absolute atomic E-state index is 13.5. The molecule has 186 valence electrons. The van der Waals surface area contributed by atoms with Crippen LogP contribution >= 0.6 is 0 Å². The van der Waals surface area contributed by atoms with Crippen LogP contribution in [0.4, 0.5) is 0 Å². The average molecular weight is 476 g/mol. The molecule has 0 spiro atoms. The third-order valence-corrected chi connectivity index (χ3v) is 6.50. The van der Waals surface area contributed by atoms with Crippen LogP contribution in [-0.4, -0.2) is 51.1 Å². The van der Waals surface area contributed by atoms with Crippen molar-refractivity contribution in [3.8, 4) is 0 Å². The Hall–Kier alpha value is -3.48. The average Bonchev–Trinajstić information content (AvgIpc) is 3.26. The van der Waals surface area contributed by atoms with Gasteiger partial charge in [-0.05, 0) is 57.4 Å². The number of benzene rings is 1. The zero-order valence-electron chi connectivity index (χ0n) is 21.7. The van der Waals surface area contributed by atoms with Crippen LogP contribution in [0.15, 0.2) is 48.5 Å². The minimum absolute atomic E-state index is 0.0380. The minimum atomic E-state index is -0.148. The van der Waals surface area contributed by atoms with E-state index in [1.165, 1.54) is 0 Å². The van der Waals surface area contributed by atoms with Crippen molar-refractivity contribution in [1.29, 1.82) is 0 Å². The monoisotopic (exact) mass is 475 g/mol. The summed E-state index contributed by atoms with van der Waals surface area (Å²) in [5.74, 6) is -0.104. The number of amides is 2. The second-order valence-corrected chi connectivity index (χ2v) is 9.06. The number of carbonyl (C=O) groups excluding carboxylic acids is 2. The molecule has 2 amide bonds. The quantitative estimate of drug-likeness (QED) is 0.467. The molecule has 0 aliphatic carbocycles. The number of hydrogen-bond donors (Lipinski definition) is 1. The standard InChI is InChI=1S/C28H37N5O2/c1-7-24-18-23(16-19(3)30-24)28(35)32(6)25(21(5)22-12-10-9-11-13-22)14-15-29-27(34)26-17-20(4)31-33(26)8-2/h9-13,16-18,21,25H,7-8,14-15H2,1-6H3,(H,29,34). The first-order valence-electron chi connectivity index (χ1n) is 12.4. The van der Waals surface area contributed by atoms with E-state index in [4.69, 9.17) is 0 Å². The summed E-state index contributed by atoms with van der Waals surface area (Å²) in [5, 5.41) is 7.40. The van der Waals surface area contributed by atoms with E-state index < -0.39 is 0 Å². The van der Waals surface area contributed by atoms with Crippen LogP contribution in [0, 0.1) is 13.8 Å².